The molecule has 158 valence electrons. The van der Waals surface area contributed by atoms with E-state index in [9.17, 15) is 0 Å². The summed E-state index contributed by atoms with van der Waals surface area (Å²) in [7, 11) is 1.76. The fraction of sp³-hybridized carbons (Fsp3) is 0.455. The quantitative estimate of drug-likeness (QED) is 0.446. The van der Waals surface area contributed by atoms with Crippen molar-refractivity contribution in [2.45, 2.75) is 33.7 Å². The van der Waals surface area contributed by atoms with Gasteiger partial charge in [0.05, 0.1) is 19.8 Å². The van der Waals surface area contributed by atoms with Crippen LogP contribution in [0.25, 0.3) is 0 Å². The molecule has 7 nitrogen and oxygen atoms in total. The van der Waals surface area contributed by atoms with E-state index in [0.717, 1.165) is 36.0 Å². The summed E-state index contributed by atoms with van der Waals surface area (Å²) in [6.45, 7) is 9.02. The molecule has 1 aromatic carbocycles. The molecule has 2 rings (SSSR count). The molecule has 2 N–H and O–H groups in total. The van der Waals surface area contributed by atoms with Gasteiger partial charge in [-0.2, -0.15) is 0 Å². The number of ether oxygens (including phenoxy) is 3. The zero-order valence-electron chi connectivity index (χ0n) is 17.8. The summed E-state index contributed by atoms with van der Waals surface area (Å²) in [5, 5.41) is 6.64. The van der Waals surface area contributed by atoms with Gasteiger partial charge in [-0.1, -0.05) is 12.1 Å². The van der Waals surface area contributed by atoms with Crippen molar-refractivity contribution in [2.75, 3.05) is 33.4 Å². The Balaban J connectivity index is 1.88. The number of nitrogens with zero attached hydrogens (tertiary/aromatic N) is 2. The van der Waals surface area contributed by atoms with E-state index in [1.165, 1.54) is 5.56 Å². The topological polar surface area (TPSA) is 77.0 Å². The van der Waals surface area contributed by atoms with Gasteiger partial charge in [-0.05, 0) is 51.0 Å². The van der Waals surface area contributed by atoms with Crippen LogP contribution in [0.2, 0.25) is 0 Å². The van der Waals surface area contributed by atoms with Crippen LogP contribution < -0.4 is 24.8 Å². The first-order chi connectivity index (χ1) is 14.2. The van der Waals surface area contributed by atoms with E-state index in [1.54, 1.807) is 13.2 Å². The van der Waals surface area contributed by atoms with Crippen LogP contribution in [-0.4, -0.2) is 44.4 Å². The van der Waals surface area contributed by atoms with Gasteiger partial charge in [-0.15, -0.1) is 0 Å². The summed E-state index contributed by atoms with van der Waals surface area (Å²) < 4.78 is 16.9. The summed E-state index contributed by atoms with van der Waals surface area (Å²) in [5.74, 6) is 2.95. The Morgan fingerprint density at radius 3 is 2.45 bits per heavy atom. The number of aliphatic imine (C=N–C) groups is 1. The van der Waals surface area contributed by atoms with E-state index in [0.29, 0.717) is 32.2 Å². The van der Waals surface area contributed by atoms with E-state index in [-0.39, 0.29) is 0 Å². The molecule has 0 aliphatic carbocycles. The molecule has 0 radical (unpaired) electrons. The maximum atomic E-state index is 5.70. The van der Waals surface area contributed by atoms with E-state index < -0.39 is 0 Å². The Hall–Kier alpha value is -2.96. The fourth-order valence-electron chi connectivity index (χ4n) is 2.80. The minimum absolute atomic E-state index is 0.584. The zero-order valence-corrected chi connectivity index (χ0v) is 17.8. The molecule has 7 heteroatoms. The van der Waals surface area contributed by atoms with Crippen molar-refractivity contribution in [1.82, 2.24) is 15.6 Å². The Bertz CT molecular complexity index is 780. The van der Waals surface area contributed by atoms with Crippen LogP contribution in [0.5, 0.6) is 17.4 Å². The summed E-state index contributed by atoms with van der Waals surface area (Å²) in [6.07, 6.45) is 2.57. The number of aromatic nitrogens is 1. The highest BCUT2D eigenvalue weighted by molar-refractivity contribution is 5.79. The number of benzene rings is 1. The molecular formula is C22H32N4O3. The molecule has 1 heterocycles. The van der Waals surface area contributed by atoms with Crippen molar-refractivity contribution in [3.8, 4) is 17.4 Å². The van der Waals surface area contributed by atoms with Crippen molar-refractivity contribution >= 4 is 5.96 Å². The zero-order chi connectivity index (χ0) is 20.9. The van der Waals surface area contributed by atoms with Gasteiger partial charge in [-0.25, -0.2) is 4.98 Å². The number of rotatable bonds is 11. The van der Waals surface area contributed by atoms with Crippen molar-refractivity contribution in [3.05, 3.63) is 47.7 Å². The Kier molecular flexibility index (Phi) is 9.62. The monoisotopic (exact) mass is 400 g/mol. The molecular weight excluding hydrogens is 368 g/mol. The van der Waals surface area contributed by atoms with Crippen LogP contribution in [-0.2, 0) is 13.0 Å². The predicted molar refractivity (Wildman–Crippen MR) is 116 cm³/mol. The highest BCUT2D eigenvalue weighted by Gasteiger charge is 2.08. The molecule has 0 aliphatic rings. The van der Waals surface area contributed by atoms with E-state index in [2.05, 4.69) is 26.7 Å². The third-order valence-electron chi connectivity index (χ3n) is 4.11. The van der Waals surface area contributed by atoms with Crippen LogP contribution >= 0.6 is 0 Å². The van der Waals surface area contributed by atoms with Crippen LogP contribution in [0.4, 0.5) is 0 Å². The van der Waals surface area contributed by atoms with Gasteiger partial charge in [0.15, 0.2) is 17.5 Å². The summed E-state index contributed by atoms with van der Waals surface area (Å²) in [6, 6.07) is 9.96. The van der Waals surface area contributed by atoms with E-state index in [1.807, 2.05) is 45.0 Å². The van der Waals surface area contributed by atoms with Gasteiger partial charge in [-0.3, -0.25) is 4.99 Å². The van der Waals surface area contributed by atoms with Crippen molar-refractivity contribution in [2.24, 2.45) is 4.99 Å². The second-order valence-electron chi connectivity index (χ2n) is 6.15. The standard InChI is InChI=1S/C22H32N4O3/c1-5-27-19-11-10-17(15-20(19)28-6-2)12-14-25-22(23-4)26-16-18-9-8-13-24-21(18)29-7-3/h8-11,13,15H,5-7,12,14,16H2,1-4H3,(H2,23,25,26). The molecule has 0 fully saturated rings. The predicted octanol–water partition coefficient (Wildman–Crippen LogP) is 3.19. The maximum absolute atomic E-state index is 5.70. The Morgan fingerprint density at radius 1 is 0.966 bits per heavy atom. The van der Waals surface area contributed by atoms with Crippen molar-refractivity contribution in [3.63, 3.8) is 0 Å². The molecule has 0 amide bonds. The summed E-state index contributed by atoms with van der Waals surface area (Å²) >= 11 is 0. The first-order valence-corrected chi connectivity index (χ1v) is 10.1. The molecule has 0 unspecified atom stereocenters. The first-order valence-electron chi connectivity index (χ1n) is 10.1. The molecule has 1 aromatic heterocycles. The van der Waals surface area contributed by atoms with Gasteiger partial charge >= 0.3 is 0 Å². The van der Waals surface area contributed by atoms with Crippen LogP contribution in [0, 0.1) is 0 Å². The first kappa shape index (κ1) is 22.3. The molecule has 0 saturated carbocycles. The molecule has 0 atom stereocenters. The van der Waals surface area contributed by atoms with Gasteiger partial charge in [0.2, 0.25) is 5.88 Å². The minimum Gasteiger partial charge on any atom is -0.490 e. The average Bonchev–Trinajstić information content (AvgIpc) is 2.74. The van der Waals surface area contributed by atoms with Crippen molar-refractivity contribution in [1.29, 1.82) is 0 Å². The molecule has 0 bridgehead atoms. The highest BCUT2D eigenvalue weighted by Crippen LogP contribution is 2.28. The Labute approximate surface area is 173 Å². The maximum Gasteiger partial charge on any atom is 0.218 e. The fourth-order valence-corrected chi connectivity index (χ4v) is 2.80. The molecule has 0 aliphatic heterocycles. The van der Waals surface area contributed by atoms with Crippen LogP contribution in [0.3, 0.4) is 0 Å². The number of pyridine rings is 1. The number of hydrogen-bond donors (Lipinski definition) is 2. The second-order valence-corrected chi connectivity index (χ2v) is 6.15. The normalized spacial score (nSPS) is 11.1. The lowest BCUT2D eigenvalue weighted by molar-refractivity contribution is 0.287. The van der Waals surface area contributed by atoms with Crippen molar-refractivity contribution < 1.29 is 14.2 Å². The Morgan fingerprint density at radius 2 is 1.72 bits per heavy atom. The van der Waals surface area contributed by atoms with Gasteiger partial charge in [0.25, 0.3) is 0 Å². The average molecular weight is 401 g/mol. The summed E-state index contributed by atoms with van der Waals surface area (Å²) in [5.41, 5.74) is 2.16. The highest BCUT2D eigenvalue weighted by atomic mass is 16.5. The third kappa shape index (κ3) is 7.18. The molecule has 0 saturated heterocycles. The lowest BCUT2D eigenvalue weighted by Crippen LogP contribution is -2.38. The number of nitrogens with one attached hydrogen (secondary N) is 2. The largest absolute Gasteiger partial charge is 0.490 e. The van der Waals surface area contributed by atoms with Gasteiger partial charge in [0.1, 0.15) is 0 Å². The van der Waals surface area contributed by atoms with E-state index >= 15 is 0 Å². The molecule has 2 aromatic rings. The minimum atomic E-state index is 0.584. The molecule has 29 heavy (non-hydrogen) atoms. The molecule has 0 spiro atoms. The lowest BCUT2D eigenvalue weighted by atomic mass is 10.1. The van der Waals surface area contributed by atoms with E-state index in [4.69, 9.17) is 14.2 Å². The third-order valence-corrected chi connectivity index (χ3v) is 4.11. The van der Waals surface area contributed by atoms with Crippen LogP contribution in [0.1, 0.15) is 31.9 Å². The van der Waals surface area contributed by atoms with Crippen LogP contribution in [0.15, 0.2) is 41.5 Å². The number of hydrogen-bond acceptors (Lipinski definition) is 5. The SMILES string of the molecule is CCOc1ccc(CCNC(=NC)NCc2cccnc2OCC)cc1OCC. The van der Waals surface area contributed by atoms with Gasteiger partial charge in [0, 0.05) is 31.9 Å². The lowest BCUT2D eigenvalue weighted by Gasteiger charge is -2.15. The summed E-state index contributed by atoms with van der Waals surface area (Å²) in [4.78, 5) is 8.56. The smallest absolute Gasteiger partial charge is 0.218 e. The van der Waals surface area contributed by atoms with Gasteiger partial charge < -0.3 is 24.8 Å². The number of guanidine groups is 1. The second kappa shape index (κ2) is 12.5.